The van der Waals surface area contributed by atoms with E-state index in [1.807, 2.05) is 12.3 Å². The molecule has 3 rings (SSSR count). The predicted molar refractivity (Wildman–Crippen MR) is 47.6 cm³/mol. The number of hydrogen-bond donors (Lipinski definition) is 0. The zero-order chi connectivity index (χ0) is 9.38. The van der Waals surface area contributed by atoms with Crippen LogP contribution in [0.25, 0.3) is 0 Å². The quantitative estimate of drug-likeness (QED) is 0.729. The molecule has 0 aliphatic heterocycles. The molecule has 2 aromatic heterocycles. The minimum Gasteiger partial charge on any atom is -0.339 e. The van der Waals surface area contributed by atoms with Crippen molar-refractivity contribution in [2.45, 2.75) is 25.3 Å². The second-order valence-electron chi connectivity index (χ2n) is 3.53. The molecule has 5 nitrogen and oxygen atoms in total. The van der Waals surface area contributed by atoms with Crippen LogP contribution in [0.4, 0.5) is 0 Å². The molecule has 0 radical (unpaired) electrons. The summed E-state index contributed by atoms with van der Waals surface area (Å²) >= 11 is 0. The Balaban J connectivity index is 1.76. The summed E-state index contributed by atoms with van der Waals surface area (Å²) < 4.78 is 6.91. The highest BCUT2D eigenvalue weighted by Crippen LogP contribution is 2.38. The van der Waals surface area contributed by atoms with Gasteiger partial charge in [0.25, 0.3) is 0 Å². The van der Waals surface area contributed by atoms with Crippen molar-refractivity contribution in [2.75, 3.05) is 0 Å². The molecule has 2 heterocycles. The Labute approximate surface area is 80.7 Å². The van der Waals surface area contributed by atoms with Gasteiger partial charge in [-0.1, -0.05) is 5.16 Å². The van der Waals surface area contributed by atoms with Gasteiger partial charge in [0, 0.05) is 18.3 Å². The molecule has 72 valence electrons. The fourth-order valence-corrected chi connectivity index (χ4v) is 1.37. The van der Waals surface area contributed by atoms with Gasteiger partial charge >= 0.3 is 0 Å². The molecule has 0 amide bonds. The van der Waals surface area contributed by atoms with Gasteiger partial charge in [-0.05, 0) is 18.9 Å². The normalized spacial score (nSPS) is 16.0. The average molecular weight is 190 g/mol. The van der Waals surface area contributed by atoms with Gasteiger partial charge in [0.15, 0.2) is 5.82 Å². The predicted octanol–water partition coefficient (Wildman–Crippen LogP) is 1.19. The van der Waals surface area contributed by atoms with Crippen LogP contribution in [0, 0.1) is 0 Å². The van der Waals surface area contributed by atoms with E-state index in [4.69, 9.17) is 4.52 Å². The fraction of sp³-hybridized carbons (Fsp3) is 0.444. The summed E-state index contributed by atoms with van der Waals surface area (Å²) in [5.41, 5.74) is 0. The standard InChI is InChI=1S/C9H10N4O/c1-4-10-13(5-1)6-8-11-9(14-12-8)7-2-3-7/h1,4-5,7H,2-3,6H2. The fourth-order valence-electron chi connectivity index (χ4n) is 1.37. The molecular formula is C9H10N4O. The monoisotopic (exact) mass is 190 g/mol. The molecule has 1 fully saturated rings. The van der Waals surface area contributed by atoms with Crippen LogP contribution in [0.1, 0.15) is 30.5 Å². The highest BCUT2D eigenvalue weighted by Gasteiger charge is 2.29. The molecule has 0 N–H and O–H groups in total. The zero-order valence-electron chi connectivity index (χ0n) is 7.63. The highest BCUT2D eigenvalue weighted by molar-refractivity contribution is 5.01. The third kappa shape index (κ3) is 1.41. The van der Waals surface area contributed by atoms with Crippen molar-refractivity contribution in [3.8, 4) is 0 Å². The van der Waals surface area contributed by atoms with Gasteiger partial charge in [-0.3, -0.25) is 4.68 Å². The van der Waals surface area contributed by atoms with Crippen molar-refractivity contribution in [3.05, 3.63) is 30.2 Å². The Bertz CT molecular complexity index is 416. The van der Waals surface area contributed by atoms with Crippen LogP contribution < -0.4 is 0 Å². The van der Waals surface area contributed by atoms with E-state index in [-0.39, 0.29) is 0 Å². The summed E-state index contributed by atoms with van der Waals surface area (Å²) in [6.45, 7) is 0.587. The van der Waals surface area contributed by atoms with Crippen LogP contribution in [0.2, 0.25) is 0 Å². The van der Waals surface area contributed by atoms with Crippen LogP contribution in [0.3, 0.4) is 0 Å². The molecule has 1 aliphatic carbocycles. The van der Waals surface area contributed by atoms with E-state index in [2.05, 4.69) is 15.2 Å². The average Bonchev–Trinajstić information content (AvgIpc) is 2.75. The molecule has 0 spiro atoms. The number of aromatic nitrogens is 4. The lowest BCUT2D eigenvalue weighted by Crippen LogP contribution is -2.01. The lowest BCUT2D eigenvalue weighted by molar-refractivity contribution is 0.372. The topological polar surface area (TPSA) is 56.7 Å². The molecule has 0 bridgehead atoms. The van der Waals surface area contributed by atoms with Gasteiger partial charge in [-0.2, -0.15) is 10.1 Å². The van der Waals surface area contributed by atoms with Crippen LogP contribution in [0.5, 0.6) is 0 Å². The number of rotatable bonds is 3. The van der Waals surface area contributed by atoms with Crippen LogP contribution in [0.15, 0.2) is 23.0 Å². The Morgan fingerprint density at radius 2 is 2.43 bits per heavy atom. The Morgan fingerprint density at radius 3 is 3.14 bits per heavy atom. The van der Waals surface area contributed by atoms with Crippen molar-refractivity contribution in [3.63, 3.8) is 0 Å². The first-order valence-electron chi connectivity index (χ1n) is 4.72. The Kier molecular flexibility index (Phi) is 1.62. The van der Waals surface area contributed by atoms with E-state index < -0.39 is 0 Å². The van der Waals surface area contributed by atoms with E-state index in [1.165, 1.54) is 12.8 Å². The molecule has 0 saturated heterocycles. The summed E-state index contributed by atoms with van der Waals surface area (Å²) in [5, 5.41) is 7.98. The maximum absolute atomic E-state index is 5.14. The van der Waals surface area contributed by atoms with Crippen LogP contribution in [-0.4, -0.2) is 19.9 Å². The van der Waals surface area contributed by atoms with Gasteiger partial charge in [0.1, 0.15) is 6.54 Å². The van der Waals surface area contributed by atoms with E-state index >= 15 is 0 Å². The summed E-state index contributed by atoms with van der Waals surface area (Å²) in [7, 11) is 0. The highest BCUT2D eigenvalue weighted by atomic mass is 16.5. The first-order chi connectivity index (χ1) is 6.92. The number of nitrogens with zero attached hydrogens (tertiary/aromatic N) is 4. The molecule has 0 unspecified atom stereocenters. The van der Waals surface area contributed by atoms with E-state index in [9.17, 15) is 0 Å². The smallest absolute Gasteiger partial charge is 0.229 e. The minimum absolute atomic E-state index is 0.522. The first-order valence-corrected chi connectivity index (χ1v) is 4.72. The molecule has 2 aromatic rings. The molecular weight excluding hydrogens is 180 g/mol. The molecule has 5 heteroatoms. The third-order valence-electron chi connectivity index (χ3n) is 2.27. The molecule has 1 saturated carbocycles. The largest absolute Gasteiger partial charge is 0.339 e. The Morgan fingerprint density at radius 1 is 1.50 bits per heavy atom. The third-order valence-corrected chi connectivity index (χ3v) is 2.27. The second kappa shape index (κ2) is 2.94. The molecule has 0 atom stereocenters. The van der Waals surface area contributed by atoms with E-state index in [1.54, 1.807) is 10.9 Å². The lowest BCUT2D eigenvalue weighted by atomic mass is 10.4. The summed E-state index contributed by atoms with van der Waals surface area (Å²) in [6.07, 6.45) is 5.99. The SMILES string of the molecule is c1cnn(Cc2noc(C3CC3)n2)c1. The van der Waals surface area contributed by atoms with Crippen LogP contribution in [-0.2, 0) is 6.54 Å². The van der Waals surface area contributed by atoms with E-state index in [0.29, 0.717) is 18.3 Å². The van der Waals surface area contributed by atoms with Crippen molar-refractivity contribution in [1.29, 1.82) is 0 Å². The van der Waals surface area contributed by atoms with Gasteiger partial charge in [0.2, 0.25) is 5.89 Å². The summed E-state index contributed by atoms with van der Waals surface area (Å²) in [4.78, 5) is 4.31. The minimum atomic E-state index is 0.522. The van der Waals surface area contributed by atoms with Crippen LogP contribution >= 0.6 is 0 Å². The van der Waals surface area contributed by atoms with Gasteiger partial charge in [-0.25, -0.2) is 0 Å². The van der Waals surface area contributed by atoms with Crippen molar-refractivity contribution < 1.29 is 4.52 Å². The lowest BCUT2D eigenvalue weighted by Gasteiger charge is -1.92. The van der Waals surface area contributed by atoms with Gasteiger partial charge in [-0.15, -0.1) is 0 Å². The first kappa shape index (κ1) is 7.73. The van der Waals surface area contributed by atoms with Crippen molar-refractivity contribution in [2.24, 2.45) is 0 Å². The Hall–Kier alpha value is -1.65. The zero-order valence-corrected chi connectivity index (χ0v) is 7.63. The summed E-state index contributed by atoms with van der Waals surface area (Å²) in [6, 6.07) is 1.88. The second-order valence-corrected chi connectivity index (χ2v) is 3.53. The maximum atomic E-state index is 5.14. The van der Waals surface area contributed by atoms with Crippen molar-refractivity contribution in [1.82, 2.24) is 19.9 Å². The molecule has 14 heavy (non-hydrogen) atoms. The summed E-state index contributed by atoms with van der Waals surface area (Å²) in [5.74, 6) is 2.01. The van der Waals surface area contributed by atoms with Crippen molar-refractivity contribution >= 4 is 0 Å². The van der Waals surface area contributed by atoms with Gasteiger partial charge in [0.05, 0.1) is 0 Å². The van der Waals surface area contributed by atoms with E-state index in [0.717, 1.165) is 5.89 Å². The number of hydrogen-bond acceptors (Lipinski definition) is 4. The van der Waals surface area contributed by atoms with Gasteiger partial charge < -0.3 is 4.52 Å². The molecule has 1 aliphatic rings. The maximum Gasteiger partial charge on any atom is 0.229 e. The molecule has 0 aromatic carbocycles.